The van der Waals surface area contributed by atoms with Crippen molar-refractivity contribution in [3.8, 4) is 0 Å². The number of hydrogen-bond acceptors (Lipinski definition) is 5. The predicted molar refractivity (Wildman–Crippen MR) is 153 cm³/mol. The highest BCUT2D eigenvalue weighted by Gasteiger charge is 2.76. The number of likely N-dealkylation sites (tertiary alicyclic amines) is 1. The van der Waals surface area contributed by atoms with Gasteiger partial charge >= 0.3 is 0 Å². The maximum atomic E-state index is 14.6. The largest absolute Gasteiger partial charge is 0.396 e. The summed E-state index contributed by atoms with van der Waals surface area (Å²) < 4.78 is -0.599. The summed E-state index contributed by atoms with van der Waals surface area (Å²) in [7, 11) is 0. The maximum absolute atomic E-state index is 14.6. The lowest BCUT2D eigenvalue weighted by Gasteiger charge is -2.43. The second-order valence-corrected chi connectivity index (χ2v) is 13.2. The molecule has 1 aliphatic carbocycles. The number of thioether (sulfide) groups is 1. The van der Waals surface area contributed by atoms with E-state index in [1.54, 1.807) is 23.9 Å². The van der Waals surface area contributed by atoms with E-state index in [9.17, 15) is 19.5 Å². The number of rotatable bonds is 13. The Morgan fingerprint density at radius 1 is 1.13 bits per heavy atom. The second-order valence-electron chi connectivity index (χ2n) is 11.7. The molecule has 6 atom stereocenters. The number of aliphatic hydroxyl groups excluding tert-OH is 1. The first kappa shape index (κ1) is 29.2. The number of hydrogen-bond donors (Lipinski definition) is 1. The van der Waals surface area contributed by atoms with Crippen LogP contribution >= 0.6 is 11.8 Å². The highest BCUT2D eigenvalue weighted by Crippen LogP contribution is 2.69. The molecule has 2 bridgehead atoms. The molecule has 0 aromatic carbocycles. The van der Waals surface area contributed by atoms with Gasteiger partial charge in [0, 0.05) is 44.1 Å². The highest BCUT2D eigenvalue weighted by molar-refractivity contribution is 8.02. The van der Waals surface area contributed by atoms with E-state index in [1.165, 1.54) is 6.42 Å². The van der Waals surface area contributed by atoms with Crippen LogP contribution in [-0.4, -0.2) is 92.4 Å². The smallest absolute Gasteiger partial charge is 0.247 e. The fourth-order valence-corrected chi connectivity index (χ4v) is 10.2. The first-order chi connectivity index (χ1) is 18.4. The molecule has 1 N–H and O–H groups in total. The van der Waals surface area contributed by atoms with Crippen molar-refractivity contribution in [1.82, 2.24) is 14.7 Å². The second kappa shape index (κ2) is 12.6. The summed E-state index contributed by atoms with van der Waals surface area (Å²) in [6.07, 6.45) is 11.9. The van der Waals surface area contributed by atoms with Gasteiger partial charge in [-0.05, 0) is 44.4 Å². The van der Waals surface area contributed by atoms with Crippen molar-refractivity contribution in [3.63, 3.8) is 0 Å². The fraction of sp³-hybridized carbons (Fsp3) is 0.767. The Balaban J connectivity index is 1.74. The average molecular weight is 546 g/mol. The van der Waals surface area contributed by atoms with Gasteiger partial charge in [-0.2, -0.15) is 0 Å². The topological polar surface area (TPSA) is 81.2 Å². The Kier molecular flexibility index (Phi) is 9.67. The number of amides is 3. The van der Waals surface area contributed by atoms with Crippen molar-refractivity contribution < 1.29 is 19.5 Å². The minimum absolute atomic E-state index is 0.0289. The van der Waals surface area contributed by atoms with Crippen molar-refractivity contribution in [2.45, 2.75) is 93.7 Å². The first-order valence-corrected chi connectivity index (χ1v) is 15.6. The lowest BCUT2D eigenvalue weighted by atomic mass is 9.65. The highest BCUT2D eigenvalue weighted by atomic mass is 32.2. The van der Waals surface area contributed by atoms with E-state index in [0.717, 1.165) is 38.5 Å². The molecule has 8 heteroatoms. The lowest BCUT2D eigenvalue weighted by molar-refractivity contribution is -0.145. The van der Waals surface area contributed by atoms with Gasteiger partial charge in [0.2, 0.25) is 17.7 Å². The van der Waals surface area contributed by atoms with Crippen molar-refractivity contribution in [1.29, 1.82) is 0 Å². The third kappa shape index (κ3) is 4.96. The number of unbranched alkanes of at least 4 members (excludes halogenated alkanes) is 1. The van der Waals surface area contributed by atoms with Crippen molar-refractivity contribution in [3.05, 3.63) is 25.3 Å². The molecule has 3 heterocycles. The van der Waals surface area contributed by atoms with Crippen LogP contribution in [0.5, 0.6) is 0 Å². The molecule has 7 nitrogen and oxygen atoms in total. The molecular weight excluding hydrogens is 498 g/mol. The van der Waals surface area contributed by atoms with E-state index in [4.69, 9.17) is 0 Å². The molecule has 3 amide bonds. The van der Waals surface area contributed by atoms with Gasteiger partial charge in [0.25, 0.3) is 0 Å². The van der Waals surface area contributed by atoms with Crippen LogP contribution in [0.3, 0.4) is 0 Å². The molecule has 3 saturated heterocycles. The van der Waals surface area contributed by atoms with E-state index in [0.29, 0.717) is 39.0 Å². The summed E-state index contributed by atoms with van der Waals surface area (Å²) in [5.74, 6) is -0.716. The van der Waals surface area contributed by atoms with Crippen molar-refractivity contribution in [2.75, 3.05) is 32.8 Å². The van der Waals surface area contributed by atoms with E-state index in [1.807, 2.05) is 14.7 Å². The molecule has 0 radical (unpaired) electrons. The molecule has 1 spiro atoms. The van der Waals surface area contributed by atoms with Crippen LogP contribution in [0, 0.1) is 17.8 Å². The molecule has 0 aromatic heterocycles. The first-order valence-electron chi connectivity index (χ1n) is 14.8. The summed E-state index contributed by atoms with van der Waals surface area (Å²) >= 11 is 1.75. The molecule has 4 fully saturated rings. The number of nitrogens with zero attached hydrogens (tertiary/aromatic N) is 3. The van der Waals surface area contributed by atoms with Gasteiger partial charge in [-0.15, -0.1) is 24.9 Å². The van der Waals surface area contributed by atoms with Crippen LogP contribution in [0.2, 0.25) is 0 Å². The standard InChI is InChI=1S/C30H47N3O4S/c1-5-15-31(16-6-2)27(35)24-23-20-21(4)30(38-23)25(24)28(36)33(18-11-12-19-34)26(30)29(37)32(17-7-3)22-13-9-8-10-14-22/h5,7,21-26,34H,1,3,6,8-20H2,2,4H3/t21?,23-,24+,25+,26?,30?/m1/s1. The summed E-state index contributed by atoms with van der Waals surface area (Å²) in [5.41, 5.74) is 0. The van der Waals surface area contributed by atoms with Gasteiger partial charge in [0.05, 0.1) is 16.6 Å². The van der Waals surface area contributed by atoms with Gasteiger partial charge in [-0.1, -0.05) is 45.3 Å². The molecule has 38 heavy (non-hydrogen) atoms. The molecule has 3 unspecified atom stereocenters. The van der Waals surface area contributed by atoms with E-state index in [2.05, 4.69) is 27.0 Å². The van der Waals surface area contributed by atoms with Crippen molar-refractivity contribution >= 4 is 29.5 Å². The summed E-state index contributed by atoms with van der Waals surface area (Å²) in [5, 5.41) is 9.49. The third-order valence-corrected chi connectivity index (χ3v) is 11.4. The lowest BCUT2D eigenvalue weighted by Crippen LogP contribution is -2.59. The van der Waals surface area contributed by atoms with Crippen LogP contribution in [0.25, 0.3) is 0 Å². The average Bonchev–Trinajstić information content (AvgIpc) is 3.51. The van der Waals surface area contributed by atoms with Gasteiger partial charge in [0.1, 0.15) is 6.04 Å². The monoisotopic (exact) mass is 545 g/mol. The molecular formula is C30H47N3O4S. The SMILES string of the molecule is C=CCN(CCC)C(=O)[C@@H]1[C@H]2C(=O)N(CCCCO)C(C(=O)N(CC=C)C3CCCCC3)C23S[C@@H]1CC3C. The van der Waals surface area contributed by atoms with Gasteiger partial charge < -0.3 is 19.8 Å². The third-order valence-electron chi connectivity index (χ3n) is 9.35. The van der Waals surface area contributed by atoms with Crippen LogP contribution in [0.15, 0.2) is 25.3 Å². The molecule has 4 rings (SSSR count). The zero-order chi connectivity index (χ0) is 27.4. The Labute approximate surface area is 233 Å². The molecule has 1 saturated carbocycles. The zero-order valence-electron chi connectivity index (χ0n) is 23.4. The Bertz CT molecular complexity index is 906. The number of aliphatic hydroxyl groups is 1. The fourth-order valence-electron chi connectivity index (χ4n) is 7.75. The number of carbonyl (C=O) groups excluding carboxylic acids is 3. The molecule has 3 aliphatic heterocycles. The van der Waals surface area contributed by atoms with Gasteiger partial charge in [0.15, 0.2) is 0 Å². The summed E-state index contributed by atoms with van der Waals surface area (Å²) in [6, 6.07) is -0.412. The number of fused-ring (bicyclic) bond motifs is 1. The zero-order valence-corrected chi connectivity index (χ0v) is 24.2. The van der Waals surface area contributed by atoms with E-state index in [-0.39, 0.29) is 41.5 Å². The van der Waals surface area contributed by atoms with Crippen LogP contribution in [0.4, 0.5) is 0 Å². The van der Waals surface area contributed by atoms with E-state index >= 15 is 0 Å². The molecule has 212 valence electrons. The van der Waals surface area contributed by atoms with Crippen molar-refractivity contribution in [2.24, 2.45) is 17.8 Å². The normalized spacial score (nSPS) is 32.3. The summed E-state index contributed by atoms with van der Waals surface area (Å²) in [6.45, 7) is 14.1. The van der Waals surface area contributed by atoms with Gasteiger partial charge in [-0.3, -0.25) is 14.4 Å². The number of carbonyl (C=O) groups is 3. The minimum atomic E-state index is -0.599. The molecule has 0 aromatic rings. The molecule has 4 aliphatic rings. The summed E-state index contributed by atoms with van der Waals surface area (Å²) in [4.78, 5) is 48.6. The van der Waals surface area contributed by atoms with Crippen LogP contribution < -0.4 is 0 Å². The Hall–Kier alpha value is -1.80. The minimum Gasteiger partial charge on any atom is -0.396 e. The maximum Gasteiger partial charge on any atom is 0.247 e. The van der Waals surface area contributed by atoms with Crippen LogP contribution in [0.1, 0.15) is 71.6 Å². The van der Waals surface area contributed by atoms with E-state index < -0.39 is 22.6 Å². The quantitative estimate of drug-likeness (QED) is 0.281. The Morgan fingerprint density at radius 3 is 2.47 bits per heavy atom. The van der Waals surface area contributed by atoms with Crippen LogP contribution in [-0.2, 0) is 14.4 Å². The Morgan fingerprint density at radius 2 is 1.84 bits per heavy atom. The van der Waals surface area contributed by atoms with Gasteiger partial charge in [-0.25, -0.2) is 0 Å². The predicted octanol–water partition coefficient (Wildman–Crippen LogP) is 3.87.